The maximum atomic E-state index is 12.3. The SMILES string of the molecule is CC1CCN([C@@H](CNC(=O)c2ccc(=O)[nH]c2)c2cccs2)CC1. The lowest BCUT2D eigenvalue weighted by atomic mass is 9.97. The van der Waals surface area contributed by atoms with E-state index in [0.717, 1.165) is 19.0 Å². The van der Waals surface area contributed by atoms with E-state index >= 15 is 0 Å². The number of piperidine rings is 1. The molecule has 0 spiro atoms. The second kappa shape index (κ2) is 7.77. The van der Waals surface area contributed by atoms with Crippen molar-refractivity contribution in [1.29, 1.82) is 0 Å². The Labute approximate surface area is 145 Å². The molecule has 0 bridgehead atoms. The van der Waals surface area contributed by atoms with Gasteiger partial charge in [-0.05, 0) is 49.4 Å². The lowest BCUT2D eigenvalue weighted by Gasteiger charge is -2.36. The Morgan fingerprint density at radius 1 is 1.38 bits per heavy atom. The van der Waals surface area contributed by atoms with E-state index < -0.39 is 0 Å². The summed E-state index contributed by atoms with van der Waals surface area (Å²) >= 11 is 1.73. The second-order valence-corrected chi connectivity index (χ2v) is 7.38. The van der Waals surface area contributed by atoms with Gasteiger partial charge in [0.2, 0.25) is 5.56 Å². The lowest BCUT2D eigenvalue weighted by molar-refractivity contribution is 0.0914. The lowest BCUT2D eigenvalue weighted by Crippen LogP contribution is -2.41. The first-order valence-corrected chi connectivity index (χ1v) is 9.26. The van der Waals surface area contributed by atoms with Crippen molar-refractivity contribution in [3.8, 4) is 0 Å². The summed E-state index contributed by atoms with van der Waals surface area (Å²) in [4.78, 5) is 29.7. The van der Waals surface area contributed by atoms with E-state index in [0.29, 0.717) is 12.1 Å². The molecule has 5 nitrogen and oxygen atoms in total. The summed E-state index contributed by atoms with van der Waals surface area (Å²) in [5, 5.41) is 5.10. The van der Waals surface area contributed by atoms with E-state index in [9.17, 15) is 9.59 Å². The summed E-state index contributed by atoms with van der Waals surface area (Å²) < 4.78 is 0. The quantitative estimate of drug-likeness (QED) is 0.875. The molecular formula is C18H23N3O2S. The molecule has 1 fully saturated rings. The number of amides is 1. The van der Waals surface area contributed by atoms with Gasteiger partial charge in [-0.1, -0.05) is 13.0 Å². The number of pyridine rings is 1. The molecule has 0 aromatic carbocycles. The Morgan fingerprint density at radius 3 is 2.79 bits per heavy atom. The van der Waals surface area contributed by atoms with Crippen LogP contribution in [0.25, 0.3) is 0 Å². The number of nitrogens with zero attached hydrogens (tertiary/aromatic N) is 1. The molecule has 2 aromatic heterocycles. The zero-order valence-corrected chi connectivity index (χ0v) is 14.6. The molecule has 0 radical (unpaired) electrons. The molecule has 1 aliphatic rings. The number of hydrogen-bond donors (Lipinski definition) is 2. The molecule has 1 atom stereocenters. The summed E-state index contributed by atoms with van der Waals surface area (Å²) in [6.07, 6.45) is 3.87. The van der Waals surface area contributed by atoms with Crippen LogP contribution >= 0.6 is 11.3 Å². The molecule has 0 saturated carbocycles. The Morgan fingerprint density at radius 2 is 2.17 bits per heavy atom. The van der Waals surface area contributed by atoms with Crippen molar-refractivity contribution in [2.75, 3.05) is 19.6 Å². The summed E-state index contributed by atoms with van der Waals surface area (Å²) in [6.45, 7) is 5.01. The van der Waals surface area contributed by atoms with Crippen LogP contribution in [-0.2, 0) is 0 Å². The van der Waals surface area contributed by atoms with Crippen LogP contribution in [0, 0.1) is 5.92 Å². The van der Waals surface area contributed by atoms with Gasteiger partial charge in [-0.25, -0.2) is 0 Å². The molecule has 1 amide bonds. The van der Waals surface area contributed by atoms with Crippen molar-refractivity contribution in [3.63, 3.8) is 0 Å². The third-order valence-corrected chi connectivity index (χ3v) is 5.61. The highest BCUT2D eigenvalue weighted by atomic mass is 32.1. The fourth-order valence-electron chi connectivity index (χ4n) is 3.07. The maximum Gasteiger partial charge on any atom is 0.252 e. The normalized spacial score (nSPS) is 17.5. The topological polar surface area (TPSA) is 65.2 Å². The molecule has 128 valence electrons. The number of aromatic amines is 1. The molecule has 1 aliphatic heterocycles. The molecular weight excluding hydrogens is 322 g/mol. The predicted molar refractivity (Wildman–Crippen MR) is 96.4 cm³/mol. The molecule has 1 saturated heterocycles. The van der Waals surface area contributed by atoms with Crippen LogP contribution in [0.4, 0.5) is 0 Å². The van der Waals surface area contributed by atoms with Gasteiger partial charge in [-0.15, -0.1) is 11.3 Å². The number of carbonyl (C=O) groups is 1. The van der Waals surface area contributed by atoms with Crippen LogP contribution in [0.5, 0.6) is 0 Å². The third-order valence-electron chi connectivity index (χ3n) is 4.63. The maximum absolute atomic E-state index is 12.3. The molecule has 24 heavy (non-hydrogen) atoms. The molecule has 0 aliphatic carbocycles. The number of thiophene rings is 1. The number of rotatable bonds is 5. The number of nitrogens with one attached hydrogen (secondary N) is 2. The van der Waals surface area contributed by atoms with Crippen LogP contribution in [0.1, 0.15) is 41.0 Å². The molecule has 3 heterocycles. The van der Waals surface area contributed by atoms with Crippen molar-refractivity contribution in [1.82, 2.24) is 15.2 Å². The van der Waals surface area contributed by atoms with Crippen LogP contribution in [-0.4, -0.2) is 35.4 Å². The first-order chi connectivity index (χ1) is 11.6. The van der Waals surface area contributed by atoms with Gasteiger partial charge >= 0.3 is 0 Å². The monoisotopic (exact) mass is 345 g/mol. The Bertz CT molecular complexity index is 698. The number of carbonyl (C=O) groups excluding carboxylic acids is 1. The largest absolute Gasteiger partial charge is 0.350 e. The standard InChI is InChI=1S/C18H23N3O2S/c1-13-6-8-21(9-7-13)15(16-3-2-10-24-16)12-20-18(23)14-4-5-17(22)19-11-14/h2-5,10-11,13,15H,6-9,12H2,1H3,(H,19,22)(H,20,23)/t15-/m0/s1. The number of likely N-dealkylation sites (tertiary alicyclic amines) is 1. The highest BCUT2D eigenvalue weighted by Crippen LogP contribution is 2.29. The minimum absolute atomic E-state index is 0.154. The van der Waals surface area contributed by atoms with Crippen molar-refractivity contribution in [2.45, 2.75) is 25.8 Å². The van der Waals surface area contributed by atoms with E-state index in [1.54, 1.807) is 17.4 Å². The Kier molecular flexibility index (Phi) is 5.48. The van der Waals surface area contributed by atoms with Crippen LogP contribution in [0.3, 0.4) is 0 Å². The molecule has 3 rings (SSSR count). The molecule has 6 heteroatoms. The van der Waals surface area contributed by atoms with Gasteiger partial charge < -0.3 is 10.3 Å². The third kappa shape index (κ3) is 4.13. The van der Waals surface area contributed by atoms with Crippen molar-refractivity contribution >= 4 is 17.2 Å². The highest BCUT2D eigenvalue weighted by molar-refractivity contribution is 7.10. The summed E-state index contributed by atoms with van der Waals surface area (Å²) in [7, 11) is 0. The number of H-pyrrole nitrogens is 1. The van der Waals surface area contributed by atoms with Crippen LogP contribution in [0.2, 0.25) is 0 Å². The predicted octanol–water partition coefficient (Wildman–Crippen LogP) is 2.64. The summed E-state index contributed by atoms with van der Waals surface area (Å²) in [5.41, 5.74) is 0.275. The van der Waals surface area contributed by atoms with Gasteiger partial charge in [0.1, 0.15) is 0 Å². The van der Waals surface area contributed by atoms with Crippen molar-refractivity contribution < 1.29 is 4.79 Å². The average Bonchev–Trinajstić information content (AvgIpc) is 3.11. The minimum Gasteiger partial charge on any atom is -0.350 e. The zero-order chi connectivity index (χ0) is 16.9. The van der Waals surface area contributed by atoms with E-state index in [-0.39, 0.29) is 17.5 Å². The van der Waals surface area contributed by atoms with Crippen molar-refractivity contribution in [3.05, 3.63) is 56.6 Å². The van der Waals surface area contributed by atoms with E-state index in [1.807, 2.05) is 0 Å². The van der Waals surface area contributed by atoms with Gasteiger partial charge in [-0.3, -0.25) is 14.5 Å². The smallest absolute Gasteiger partial charge is 0.252 e. The Hall–Kier alpha value is -1.92. The van der Waals surface area contributed by atoms with Crippen LogP contribution < -0.4 is 10.9 Å². The zero-order valence-electron chi connectivity index (χ0n) is 13.8. The number of hydrogen-bond acceptors (Lipinski definition) is 4. The molecule has 0 unspecified atom stereocenters. The second-order valence-electron chi connectivity index (χ2n) is 6.40. The van der Waals surface area contributed by atoms with Crippen molar-refractivity contribution in [2.24, 2.45) is 5.92 Å². The van der Waals surface area contributed by atoms with E-state index in [1.165, 1.54) is 30.0 Å². The van der Waals surface area contributed by atoms with E-state index in [2.05, 4.69) is 39.6 Å². The summed E-state index contributed by atoms with van der Waals surface area (Å²) in [5.74, 6) is 0.624. The summed E-state index contributed by atoms with van der Waals surface area (Å²) in [6, 6.07) is 7.33. The van der Waals surface area contributed by atoms with Gasteiger partial charge in [0.05, 0.1) is 11.6 Å². The van der Waals surface area contributed by atoms with Gasteiger partial charge in [0, 0.05) is 23.7 Å². The molecule has 2 aromatic rings. The minimum atomic E-state index is -0.203. The first-order valence-electron chi connectivity index (χ1n) is 8.38. The van der Waals surface area contributed by atoms with Gasteiger partial charge in [0.15, 0.2) is 0 Å². The fraction of sp³-hybridized carbons (Fsp3) is 0.444. The van der Waals surface area contributed by atoms with Gasteiger partial charge in [-0.2, -0.15) is 0 Å². The van der Waals surface area contributed by atoms with E-state index in [4.69, 9.17) is 0 Å². The fourth-order valence-corrected chi connectivity index (χ4v) is 3.93. The number of aromatic nitrogens is 1. The van der Waals surface area contributed by atoms with Crippen LogP contribution in [0.15, 0.2) is 40.6 Å². The first kappa shape index (κ1) is 16.9. The average molecular weight is 345 g/mol. The molecule has 2 N–H and O–H groups in total. The van der Waals surface area contributed by atoms with Gasteiger partial charge in [0.25, 0.3) is 5.91 Å². The Balaban J connectivity index is 1.67. The highest BCUT2D eigenvalue weighted by Gasteiger charge is 2.25.